The van der Waals surface area contributed by atoms with Crippen molar-refractivity contribution in [3.8, 4) is 0 Å². The van der Waals surface area contributed by atoms with E-state index in [1.807, 2.05) is 0 Å². The number of halogens is 1. The highest BCUT2D eigenvalue weighted by molar-refractivity contribution is 14.1. The Morgan fingerprint density at radius 1 is 1.31 bits per heavy atom. The molecule has 1 aliphatic heterocycles. The fourth-order valence-corrected chi connectivity index (χ4v) is 2.71. The summed E-state index contributed by atoms with van der Waals surface area (Å²) in [4.78, 5) is 13.6. The zero-order valence-corrected chi connectivity index (χ0v) is 11.6. The lowest BCUT2D eigenvalue weighted by Crippen LogP contribution is -2.35. The predicted octanol–water partition coefficient (Wildman–Crippen LogP) is 3.02. The molecule has 16 heavy (non-hydrogen) atoms. The number of hydrogen-bond donors (Lipinski definition) is 0. The number of carbonyl (C=O) groups excluding carboxylic acids is 1. The maximum atomic E-state index is 11.2. The van der Waals surface area contributed by atoms with E-state index in [9.17, 15) is 4.79 Å². The molecule has 0 radical (unpaired) electrons. The van der Waals surface area contributed by atoms with Crippen LogP contribution in [-0.4, -0.2) is 23.8 Å². The van der Waals surface area contributed by atoms with Gasteiger partial charge >= 0.3 is 0 Å². The summed E-state index contributed by atoms with van der Waals surface area (Å²) >= 11 is 2.34. The second kappa shape index (κ2) is 5.27. The number of nitrogens with zero attached hydrogens (tertiary/aromatic N) is 1. The number of ketones is 1. The number of likely N-dealkylation sites (tertiary alicyclic amines) is 1. The number of hydrogen-bond acceptors (Lipinski definition) is 2. The van der Waals surface area contributed by atoms with Gasteiger partial charge in [-0.25, -0.2) is 0 Å². The highest BCUT2D eigenvalue weighted by atomic mass is 127. The van der Waals surface area contributed by atoms with Crippen LogP contribution in [0.15, 0.2) is 24.3 Å². The fraction of sp³-hybridized carbons (Fsp3) is 0.462. The Kier molecular flexibility index (Phi) is 3.97. The van der Waals surface area contributed by atoms with E-state index in [4.69, 9.17) is 0 Å². The lowest BCUT2D eigenvalue weighted by molar-refractivity contribution is -0.121. The third-order valence-corrected chi connectivity index (χ3v) is 3.91. The summed E-state index contributed by atoms with van der Waals surface area (Å²) in [6, 6.07) is 9.02. The van der Waals surface area contributed by atoms with Crippen molar-refractivity contribution in [2.24, 2.45) is 0 Å². The largest absolute Gasteiger partial charge is 0.300 e. The minimum absolute atomic E-state index is 0.408. The molecule has 1 aliphatic rings. The number of Topliss-reactive ketones (excluding diaryl/α,β-unsaturated/α-hetero) is 1. The molecule has 1 fully saturated rings. The lowest BCUT2D eigenvalue weighted by atomic mass is 10.0. The number of benzene rings is 1. The Morgan fingerprint density at radius 3 is 2.62 bits per heavy atom. The average molecular weight is 329 g/mol. The molecule has 0 aliphatic carbocycles. The Bertz CT molecular complexity index is 381. The molecule has 2 nitrogen and oxygen atoms in total. The van der Waals surface area contributed by atoms with Crippen molar-refractivity contribution >= 4 is 28.4 Å². The van der Waals surface area contributed by atoms with Gasteiger partial charge in [0.05, 0.1) is 0 Å². The first-order valence-electron chi connectivity index (χ1n) is 5.68. The van der Waals surface area contributed by atoms with Gasteiger partial charge in [0.25, 0.3) is 0 Å². The summed E-state index contributed by atoms with van der Waals surface area (Å²) < 4.78 is 1.27. The molecule has 1 heterocycles. The van der Waals surface area contributed by atoms with E-state index in [2.05, 4.69) is 58.7 Å². The lowest BCUT2D eigenvalue weighted by Gasteiger charge is -2.32. The van der Waals surface area contributed by atoms with Gasteiger partial charge in [-0.1, -0.05) is 12.1 Å². The zero-order chi connectivity index (χ0) is 11.5. The van der Waals surface area contributed by atoms with Crippen molar-refractivity contribution in [3.63, 3.8) is 0 Å². The van der Waals surface area contributed by atoms with Gasteiger partial charge in [0, 0.05) is 35.5 Å². The van der Waals surface area contributed by atoms with Gasteiger partial charge in [0.2, 0.25) is 0 Å². The SMILES string of the molecule is CC(c1cccc(I)c1)N1CCC(=O)CC1. The van der Waals surface area contributed by atoms with Gasteiger partial charge in [-0.15, -0.1) is 0 Å². The molecule has 0 aromatic heterocycles. The van der Waals surface area contributed by atoms with Crippen LogP contribution in [0.25, 0.3) is 0 Å². The van der Waals surface area contributed by atoms with Gasteiger partial charge in [-0.3, -0.25) is 9.69 Å². The van der Waals surface area contributed by atoms with Crippen LogP contribution in [0.5, 0.6) is 0 Å². The third kappa shape index (κ3) is 2.83. The highest BCUT2D eigenvalue weighted by Crippen LogP contribution is 2.24. The molecule has 0 saturated carbocycles. The molecule has 2 rings (SSSR count). The van der Waals surface area contributed by atoms with Crippen LogP contribution in [0, 0.1) is 3.57 Å². The van der Waals surface area contributed by atoms with E-state index >= 15 is 0 Å². The van der Waals surface area contributed by atoms with Crippen LogP contribution < -0.4 is 0 Å². The van der Waals surface area contributed by atoms with E-state index in [1.54, 1.807) is 0 Å². The monoisotopic (exact) mass is 329 g/mol. The van der Waals surface area contributed by atoms with Gasteiger partial charge in [0.15, 0.2) is 0 Å². The van der Waals surface area contributed by atoms with Gasteiger partial charge in [-0.2, -0.15) is 0 Å². The van der Waals surface area contributed by atoms with Crippen molar-refractivity contribution in [1.29, 1.82) is 0 Å². The summed E-state index contributed by atoms with van der Waals surface area (Å²) in [7, 11) is 0. The van der Waals surface area contributed by atoms with Crippen molar-refractivity contribution in [3.05, 3.63) is 33.4 Å². The van der Waals surface area contributed by atoms with Crippen molar-refractivity contribution in [2.45, 2.75) is 25.8 Å². The molecule has 1 atom stereocenters. The summed E-state index contributed by atoms with van der Waals surface area (Å²) in [5.41, 5.74) is 1.35. The molecule has 0 N–H and O–H groups in total. The van der Waals surface area contributed by atoms with Crippen LogP contribution in [0.4, 0.5) is 0 Å². The molecule has 1 aromatic rings. The molecule has 0 spiro atoms. The molecule has 3 heteroatoms. The Balaban J connectivity index is 2.07. The van der Waals surface area contributed by atoms with Crippen LogP contribution in [-0.2, 0) is 4.79 Å². The average Bonchev–Trinajstić information content (AvgIpc) is 2.29. The molecule has 0 amide bonds. The molecule has 1 unspecified atom stereocenters. The Labute approximate surface area is 110 Å². The van der Waals surface area contributed by atoms with E-state index in [-0.39, 0.29) is 0 Å². The maximum absolute atomic E-state index is 11.2. The molecule has 1 saturated heterocycles. The molecule has 1 aromatic carbocycles. The Morgan fingerprint density at radius 2 is 2.00 bits per heavy atom. The third-order valence-electron chi connectivity index (χ3n) is 3.23. The summed E-state index contributed by atoms with van der Waals surface area (Å²) in [5, 5.41) is 0. The first-order valence-corrected chi connectivity index (χ1v) is 6.76. The van der Waals surface area contributed by atoms with Gasteiger partial charge < -0.3 is 0 Å². The number of piperidine rings is 1. The fourth-order valence-electron chi connectivity index (χ4n) is 2.14. The first-order chi connectivity index (χ1) is 7.66. The van der Waals surface area contributed by atoms with Gasteiger partial charge in [0.1, 0.15) is 5.78 Å². The Hall–Kier alpha value is -0.420. The summed E-state index contributed by atoms with van der Waals surface area (Å²) in [5.74, 6) is 0.408. The van der Waals surface area contributed by atoms with Crippen LogP contribution in [0.2, 0.25) is 0 Å². The summed E-state index contributed by atoms with van der Waals surface area (Å²) in [6.45, 7) is 4.04. The van der Waals surface area contributed by atoms with E-state index in [0.717, 1.165) is 13.1 Å². The van der Waals surface area contributed by atoms with Crippen molar-refractivity contribution < 1.29 is 4.79 Å². The minimum Gasteiger partial charge on any atom is -0.300 e. The molecular formula is C13H16INO. The molecule has 86 valence electrons. The van der Waals surface area contributed by atoms with Crippen molar-refractivity contribution in [1.82, 2.24) is 4.90 Å². The number of carbonyl (C=O) groups is 1. The van der Waals surface area contributed by atoms with E-state index < -0.39 is 0 Å². The zero-order valence-electron chi connectivity index (χ0n) is 9.45. The van der Waals surface area contributed by atoms with Crippen LogP contribution in [0.3, 0.4) is 0 Å². The standard InChI is InChI=1S/C13H16INO/c1-10(11-3-2-4-12(14)9-11)15-7-5-13(16)6-8-15/h2-4,9-10H,5-8H2,1H3. The smallest absolute Gasteiger partial charge is 0.135 e. The maximum Gasteiger partial charge on any atom is 0.135 e. The molecule has 0 bridgehead atoms. The highest BCUT2D eigenvalue weighted by Gasteiger charge is 2.21. The van der Waals surface area contributed by atoms with Crippen LogP contribution in [0.1, 0.15) is 31.4 Å². The summed E-state index contributed by atoms with van der Waals surface area (Å²) in [6.07, 6.45) is 1.43. The first kappa shape index (κ1) is 12.0. The molecular weight excluding hydrogens is 313 g/mol. The second-order valence-electron chi connectivity index (χ2n) is 4.31. The predicted molar refractivity (Wildman–Crippen MR) is 73.4 cm³/mol. The second-order valence-corrected chi connectivity index (χ2v) is 5.55. The number of rotatable bonds is 2. The van der Waals surface area contributed by atoms with E-state index in [1.165, 1.54) is 9.13 Å². The minimum atomic E-state index is 0.408. The van der Waals surface area contributed by atoms with Gasteiger partial charge in [-0.05, 0) is 47.2 Å². The topological polar surface area (TPSA) is 20.3 Å². The van der Waals surface area contributed by atoms with Crippen molar-refractivity contribution in [2.75, 3.05) is 13.1 Å². The van der Waals surface area contributed by atoms with Crippen LogP contribution >= 0.6 is 22.6 Å². The van der Waals surface area contributed by atoms with E-state index in [0.29, 0.717) is 24.7 Å². The quantitative estimate of drug-likeness (QED) is 0.778. The normalized spacial score (nSPS) is 19.8.